The van der Waals surface area contributed by atoms with Gasteiger partial charge in [-0.2, -0.15) is 0 Å². The molecule has 0 aliphatic carbocycles. The Balaban J connectivity index is 2.06. The second-order valence-corrected chi connectivity index (χ2v) is 5.54. The zero-order valence-electron chi connectivity index (χ0n) is 11.2. The summed E-state index contributed by atoms with van der Waals surface area (Å²) in [6, 6.07) is 5.16. The van der Waals surface area contributed by atoms with Crippen molar-refractivity contribution in [3.8, 4) is 0 Å². The first-order valence-electron chi connectivity index (χ1n) is 6.32. The Morgan fingerprint density at radius 3 is 2.84 bits per heavy atom. The van der Waals surface area contributed by atoms with Crippen molar-refractivity contribution in [3.63, 3.8) is 0 Å². The fourth-order valence-corrected chi connectivity index (χ4v) is 2.05. The molecule has 5 heteroatoms. The summed E-state index contributed by atoms with van der Waals surface area (Å²) >= 11 is 5.93. The van der Waals surface area contributed by atoms with Crippen molar-refractivity contribution in [2.24, 2.45) is 5.41 Å². The van der Waals surface area contributed by atoms with Gasteiger partial charge < -0.3 is 14.8 Å². The molecule has 1 aromatic rings. The molecule has 1 N–H and O–H groups in total. The minimum atomic E-state index is -0.355. The smallest absolute Gasteiger partial charge is 0.340 e. The molecule has 1 fully saturated rings. The lowest BCUT2D eigenvalue weighted by atomic mass is 9.90. The Kier molecular flexibility index (Phi) is 4.32. The molecule has 1 aliphatic rings. The second-order valence-electron chi connectivity index (χ2n) is 5.10. The van der Waals surface area contributed by atoms with Gasteiger partial charge in [0.25, 0.3) is 0 Å². The summed E-state index contributed by atoms with van der Waals surface area (Å²) in [6.07, 6.45) is 0. The maximum atomic E-state index is 12.1. The molecule has 0 bridgehead atoms. The van der Waals surface area contributed by atoms with Crippen molar-refractivity contribution in [1.82, 2.24) is 0 Å². The van der Waals surface area contributed by atoms with Gasteiger partial charge in [0.15, 0.2) is 0 Å². The number of hydrogen-bond acceptors (Lipinski definition) is 4. The van der Waals surface area contributed by atoms with E-state index in [4.69, 9.17) is 21.1 Å². The van der Waals surface area contributed by atoms with Crippen molar-refractivity contribution in [2.45, 2.75) is 13.8 Å². The van der Waals surface area contributed by atoms with Crippen LogP contribution in [0.4, 0.5) is 5.69 Å². The lowest BCUT2D eigenvalue weighted by Gasteiger charge is -2.37. The van der Waals surface area contributed by atoms with Gasteiger partial charge in [0.2, 0.25) is 0 Å². The highest BCUT2D eigenvalue weighted by molar-refractivity contribution is 6.31. The van der Waals surface area contributed by atoms with Crippen molar-refractivity contribution in [2.75, 3.05) is 31.7 Å². The number of hydrogen-bond donors (Lipinski definition) is 1. The Labute approximate surface area is 118 Å². The van der Waals surface area contributed by atoms with Gasteiger partial charge in [0.1, 0.15) is 6.61 Å². The Morgan fingerprint density at radius 2 is 2.26 bits per heavy atom. The van der Waals surface area contributed by atoms with Gasteiger partial charge in [0, 0.05) is 22.7 Å². The number of carbonyl (C=O) groups excluding carboxylic acids is 1. The number of ether oxygens (including phenoxy) is 2. The topological polar surface area (TPSA) is 47.6 Å². The number of benzene rings is 1. The van der Waals surface area contributed by atoms with Gasteiger partial charge >= 0.3 is 5.97 Å². The predicted molar refractivity (Wildman–Crippen MR) is 74.8 cm³/mol. The summed E-state index contributed by atoms with van der Waals surface area (Å²) in [4.78, 5) is 12.1. The van der Waals surface area contributed by atoms with Crippen LogP contribution in [0.1, 0.15) is 24.2 Å². The van der Waals surface area contributed by atoms with Crippen molar-refractivity contribution in [3.05, 3.63) is 28.8 Å². The van der Waals surface area contributed by atoms with Crippen LogP contribution < -0.4 is 5.32 Å². The monoisotopic (exact) mass is 283 g/mol. The molecular weight excluding hydrogens is 266 g/mol. The third kappa shape index (κ3) is 3.39. The molecule has 0 amide bonds. The normalized spacial score (nSPS) is 16.6. The maximum absolute atomic E-state index is 12.1. The third-order valence-electron chi connectivity index (χ3n) is 3.02. The molecule has 1 aromatic carbocycles. The fraction of sp³-hybridized carbons (Fsp3) is 0.500. The average molecular weight is 284 g/mol. The van der Waals surface area contributed by atoms with Crippen LogP contribution in [0.15, 0.2) is 18.2 Å². The Hall–Kier alpha value is -1.26. The van der Waals surface area contributed by atoms with E-state index in [1.807, 2.05) is 13.8 Å². The van der Waals surface area contributed by atoms with E-state index in [2.05, 4.69) is 5.32 Å². The highest BCUT2D eigenvalue weighted by Gasteiger charge is 2.35. The van der Waals surface area contributed by atoms with E-state index >= 15 is 0 Å². The fourth-order valence-electron chi connectivity index (χ4n) is 1.88. The number of nitrogens with one attached hydrogen (secondary N) is 1. The van der Waals surface area contributed by atoms with E-state index in [9.17, 15) is 4.79 Å². The van der Waals surface area contributed by atoms with Crippen LogP contribution in [0.25, 0.3) is 0 Å². The van der Waals surface area contributed by atoms with Gasteiger partial charge in [-0.05, 0) is 25.1 Å². The van der Waals surface area contributed by atoms with Crippen LogP contribution >= 0.6 is 11.6 Å². The maximum Gasteiger partial charge on any atom is 0.340 e. The average Bonchev–Trinajstić information content (AvgIpc) is 2.36. The van der Waals surface area contributed by atoms with Gasteiger partial charge in [-0.15, -0.1) is 0 Å². The standard InChI is InChI=1S/C14H18ClNO3/c1-3-16-12-5-4-10(15)6-11(12)13(17)19-9-14(2)7-18-8-14/h4-6,16H,3,7-9H2,1-2H3. The highest BCUT2D eigenvalue weighted by atomic mass is 35.5. The first kappa shape index (κ1) is 14.2. The Morgan fingerprint density at radius 1 is 1.53 bits per heavy atom. The minimum Gasteiger partial charge on any atom is -0.461 e. The quantitative estimate of drug-likeness (QED) is 0.844. The SMILES string of the molecule is CCNc1ccc(Cl)cc1C(=O)OCC1(C)COC1. The van der Waals surface area contributed by atoms with E-state index in [-0.39, 0.29) is 11.4 Å². The van der Waals surface area contributed by atoms with E-state index < -0.39 is 0 Å². The molecule has 104 valence electrons. The van der Waals surface area contributed by atoms with Crippen molar-refractivity contribution in [1.29, 1.82) is 0 Å². The lowest BCUT2D eigenvalue weighted by molar-refractivity contribution is -0.127. The molecule has 0 atom stereocenters. The van der Waals surface area contributed by atoms with Crippen molar-refractivity contribution >= 4 is 23.3 Å². The van der Waals surface area contributed by atoms with Crippen LogP contribution in [0.2, 0.25) is 5.02 Å². The van der Waals surface area contributed by atoms with Gasteiger partial charge in [-0.25, -0.2) is 4.79 Å². The number of esters is 1. The Bertz CT molecular complexity index is 472. The van der Waals surface area contributed by atoms with Gasteiger partial charge in [0.05, 0.1) is 18.8 Å². The molecule has 0 spiro atoms. The van der Waals surface area contributed by atoms with Crippen molar-refractivity contribution < 1.29 is 14.3 Å². The van der Waals surface area contributed by atoms with Crippen LogP contribution in [0.5, 0.6) is 0 Å². The van der Waals surface area contributed by atoms with E-state index in [0.717, 1.165) is 12.2 Å². The molecule has 0 aromatic heterocycles. The van der Waals surface area contributed by atoms with E-state index in [1.165, 1.54) is 0 Å². The summed E-state index contributed by atoms with van der Waals surface area (Å²) in [7, 11) is 0. The first-order valence-corrected chi connectivity index (χ1v) is 6.70. The van der Waals surface area contributed by atoms with Crippen LogP contribution in [-0.2, 0) is 9.47 Å². The molecular formula is C14H18ClNO3. The molecule has 19 heavy (non-hydrogen) atoms. The molecule has 2 rings (SSSR count). The molecule has 0 unspecified atom stereocenters. The van der Waals surface area contributed by atoms with Crippen LogP contribution in [0.3, 0.4) is 0 Å². The highest BCUT2D eigenvalue weighted by Crippen LogP contribution is 2.28. The lowest BCUT2D eigenvalue weighted by Crippen LogP contribution is -2.44. The summed E-state index contributed by atoms with van der Waals surface area (Å²) in [6.45, 7) is 6.37. The molecule has 1 heterocycles. The van der Waals surface area contributed by atoms with Gasteiger partial charge in [-0.1, -0.05) is 18.5 Å². The third-order valence-corrected chi connectivity index (χ3v) is 3.26. The second kappa shape index (κ2) is 5.80. The first-order chi connectivity index (χ1) is 9.04. The zero-order chi connectivity index (χ0) is 13.9. The number of rotatable bonds is 5. The summed E-state index contributed by atoms with van der Waals surface area (Å²) < 4.78 is 10.5. The predicted octanol–water partition coefficient (Wildman–Crippen LogP) is 2.97. The number of anilines is 1. The zero-order valence-corrected chi connectivity index (χ0v) is 11.9. The summed E-state index contributed by atoms with van der Waals surface area (Å²) in [5.74, 6) is -0.355. The molecule has 4 nitrogen and oxygen atoms in total. The molecule has 0 radical (unpaired) electrons. The summed E-state index contributed by atoms with van der Waals surface area (Å²) in [5, 5.41) is 3.65. The van der Waals surface area contributed by atoms with Crippen LogP contribution in [-0.4, -0.2) is 32.3 Å². The molecule has 0 saturated carbocycles. The largest absolute Gasteiger partial charge is 0.461 e. The minimum absolute atomic E-state index is 0.0490. The van der Waals surface area contributed by atoms with Gasteiger partial charge in [-0.3, -0.25) is 0 Å². The van der Waals surface area contributed by atoms with E-state index in [0.29, 0.717) is 30.4 Å². The number of carbonyl (C=O) groups is 1. The molecule has 1 aliphatic heterocycles. The molecule has 1 saturated heterocycles. The van der Waals surface area contributed by atoms with E-state index in [1.54, 1.807) is 18.2 Å². The summed E-state index contributed by atoms with van der Waals surface area (Å²) in [5.41, 5.74) is 1.16. The van der Waals surface area contributed by atoms with Crippen LogP contribution in [0, 0.1) is 5.41 Å². The number of halogens is 1.